The fourth-order valence-electron chi connectivity index (χ4n) is 5.67. The minimum absolute atomic E-state index is 0.0268. The summed E-state index contributed by atoms with van der Waals surface area (Å²) in [6, 6.07) is 30.4. The summed E-state index contributed by atoms with van der Waals surface area (Å²) in [7, 11) is 0. The lowest BCUT2D eigenvalue weighted by molar-refractivity contribution is -0.384. The van der Waals surface area contributed by atoms with Gasteiger partial charge in [0.15, 0.2) is 17.5 Å². The summed E-state index contributed by atoms with van der Waals surface area (Å²) in [4.78, 5) is 23.9. The Balaban J connectivity index is 1.51. The predicted octanol–water partition coefficient (Wildman–Crippen LogP) is 7.50. The Morgan fingerprint density at radius 2 is 1.64 bits per heavy atom. The number of non-ortho nitro benzene ring substituents is 1. The van der Waals surface area contributed by atoms with Crippen LogP contribution in [0.2, 0.25) is 0 Å². The van der Waals surface area contributed by atoms with Gasteiger partial charge in [0.1, 0.15) is 0 Å². The van der Waals surface area contributed by atoms with E-state index in [1.807, 2.05) is 72.3 Å². The Labute approximate surface area is 242 Å². The molecule has 0 spiro atoms. The molecule has 9 heteroatoms. The first-order valence-corrected chi connectivity index (χ1v) is 13.7. The number of aryl methyl sites for hydroxylation is 3. The van der Waals surface area contributed by atoms with E-state index in [9.17, 15) is 10.1 Å². The molecule has 206 valence electrons. The smallest absolute Gasteiger partial charge is 0.269 e. The quantitative estimate of drug-likeness (QED) is 0.183. The van der Waals surface area contributed by atoms with E-state index in [1.165, 1.54) is 6.07 Å². The molecule has 2 aliphatic heterocycles. The average Bonchev–Trinajstić information content (AvgIpc) is 3.34. The molecular weight excluding hydrogens is 526 g/mol. The summed E-state index contributed by atoms with van der Waals surface area (Å²) in [6.45, 7) is 6.07. The third-order valence-corrected chi connectivity index (χ3v) is 7.68. The van der Waals surface area contributed by atoms with Crippen LogP contribution in [0, 0.1) is 30.9 Å². The van der Waals surface area contributed by atoms with Crippen molar-refractivity contribution in [2.24, 2.45) is 9.98 Å². The zero-order valence-electron chi connectivity index (χ0n) is 23.3. The molecule has 0 saturated carbocycles. The number of aliphatic imine (C=N–C) groups is 2. The second-order valence-corrected chi connectivity index (χ2v) is 10.5. The minimum Gasteiger partial charge on any atom is -0.337 e. The number of aromatic nitrogens is 2. The lowest BCUT2D eigenvalue weighted by atomic mass is 9.93. The van der Waals surface area contributed by atoms with Crippen LogP contribution >= 0.6 is 0 Å². The van der Waals surface area contributed by atoms with Crippen LogP contribution in [-0.4, -0.2) is 26.4 Å². The van der Waals surface area contributed by atoms with Crippen LogP contribution in [0.1, 0.15) is 34.0 Å². The van der Waals surface area contributed by atoms with E-state index in [0.29, 0.717) is 17.5 Å². The molecule has 9 nitrogen and oxygen atoms in total. The fourth-order valence-corrected chi connectivity index (χ4v) is 5.67. The van der Waals surface area contributed by atoms with Crippen molar-refractivity contribution in [3.63, 3.8) is 0 Å². The van der Waals surface area contributed by atoms with Gasteiger partial charge in [-0.1, -0.05) is 54.6 Å². The van der Waals surface area contributed by atoms with Gasteiger partial charge in [0.2, 0.25) is 0 Å². The Morgan fingerprint density at radius 3 is 2.45 bits per heavy atom. The van der Waals surface area contributed by atoms with Gasteiger partial charge in [-0.2, -0.15) is 5.10 Å². The summed E-state index contributed by atoms with van der Waals surface area (Å²) in [5, 5.41) is 20.4. The number of nitrogens with zero attached hydrogens (tertiary/aromatic N) is 6. The number of nitro benzene ring substituents is 1. The number of benzene rings is 4. The molecule has 0 amide bonds. The lowest BCUT2D eigenvalue weighted by Crippen LogP contribution is -2.46. The molecule has 0 fully saturated rings. The number of fused-ring (bicyclic) bond motifs is 4. The monoisotopic (exact) mass is 553 g/mol. The first-order chi connectivity index (χ1) is 20.4. The summed E-state index contributed by atoms with van der Waals surface area (Å²) < 4.78 is 1.84. The molecule has 0 aliphatic carbocycles. The maximum Gasteiger partial charge on any atom is 0.269 e. The van der Waals surface area contributed by atoms with Crippen LogP contribution < -0.4 is 10.2 Å². The van der Waals surface area contributed by atoms with Gasteiger partial charge >= 0.3 is 0 Å². The SMILES string of the molecule is Cc1ccc(C)c(NC2=Nc3ccccc3N3C2=Nc2c(c(C)nn2-c2ccccc2)[C@@H]3c2cccc([N+](=O)[O-])c2)c1. The summed E-state index contributed by atoms with van der Waals surface area (Å²) in [5.74, 6) is 1.86. The van der Waals surface area contributed by atoms with Gasteiger partial charge in [0.25, 0.3) is 5.69 Å². The molecule has 3 heterocycles. The molecule has 0 radical (unpaired) electrons. The average molecular weight is 554 g/mol. The highest BCUT2D eigenvalue weighted by molar-refractivity contribution is 6.51. The van der Waals surface area contributed by atoms with Crippen molar-refractivity contribution < 1.29 is 4.92 Å². The van der Waals surface area contributed by atoms with Crippen molar-refractivity contribution in [3.05, 3.63) is 135 Å². The number of hydrogen-bond acceptors (Lipinski definition) is 7. The van der Waals surface area contributed by atoms with Gasteiger partial charge in [0.05, 0.1) is 33.7 Å². The molecule has 1 aromatic heterocycles. The normalized spacial score (nSPS) is 15.2. The van der Waals surface area contributed by atoms with E-state index in [0.717, 1.165) is 50.7 Å². The second-order valence-electron chi connectivity index (χ2n) is 10.5. The van der Waals surface area contributed by atoms with Crippen LogP contribution in [0.15, 0.2) is 107 Å². The number of para-hydroxylation sites is 3. The van der Waals surface area contributed by atoms with Crippen molar-refractivity contribution >= 4 is 40.2 Å². The second kappa shape index (κ2) is 9.81. The number of nitrogens with one attached hydrogen (secondary N) is 1. The van der Waals surface area contributed by atoms with E-state index >= 15 is 0 Å². The zero-order chi connectivity index (χ0) is 29.0. The highest BCUT2D eigenvalue weighted by Gasteiger charge is 2.41. The topological polar surface area (TPSA) is 101 Å². The van der Waals surface area contributed by atoms with Gasteiger partial charge in [-0.15, -0.1) is 0 Å². The zero-order valence-corrected chi connectivity index (χ0v) is 23.3. The number of rotatable bonds is 4. The summed E-state index contributed by atoms with van der Waals surface area (Å²) >= 11 is 0. The van der Waals surface area contributed by atoms with E-state index < -0.39 is 6.04 Å². The molecule has 42 heavy (non-hydrogen) atoms. The van der Waals surface area contributed by atoms with E-state index in [-0.39, 0.29) is 10.6 Å². The van der Waals surface area contributed by atoms with Gasteiger partial charge < -0.3 is 10.2 Å². The van der Waals surface area contributed by atoms with Crippen molar-refractivity contribution in [1.29, 1.82) is 0 Å². The largest absolute Gasteiger partial charge is 0.337 e. The number of anilines is 2. The summed E-state index contributed by atoms with van der Waals surface area (Å²) in [5.41, 5.74) is 8.09. The van der Waals surface area contributed by atoms with Crippen LogP contribution in [0.25, 0.3) is 5.69 Å². The molecule has 0 saturated heterocycles. The van der Waals surface area contributed by atoms with Crippen LogP contribution in [0.4, 0.5) is 28.6 Å². The molecular formula is C33H27N7O2. The molecule has 0 unspecified atom stereocenters. The van der Waals surface area contributed by atoms with Crippen LogP contribution in [0.3, 0.4) is 0 Å². The van der Waals surface area contributed by atoms with Crippen molar-refractivity contribution in [1.82, 2.24) is 9.78 Å². The molecule has 2 aliphatic rings. The molecule has 7 rings (SSSR count). The lowest BCUT2D eigenvalue weighted by Gasteiger charge is -2.40. The van der Waals surface area contributed by atoms with Gasteiger partial charge in [-0.3, -0.25) is 10.1 Å². The molecule has 5 aromatic rings. The predicted molar refractivity (Wildman–Crippen MR) is 166 cm³/mol. The van der Waals surface area contributed by atoms with Crippen molar-refractivity contribution in [3.8, 4) is 5.69 Å². The molecule has 4 aromatic carbocycles. The van der Waals surface area contributed by atoms with E-state index in [2.05, 4.69) is 42.3 Å². The molecule has 0 bridgehead atoms. The van der Waals surface area contributed by atoms with Crippen LogP contribution in [0.5, 0.6) is 0 Å². The maximum absolute atomic E-state index is 11.9. The fraction of sp³-hybridized carbons (Fsp3) is 0.121. The Morgan fingerprint density at radius 1 is 0.857 bits per heavy atom. The van der Waals surface area contributed by atoms with Gasteiger partial charge in [-0.05, 0) is 67.8 Å². The number of hydrogen-bond donors (Lipinski definition) is 1. The Kier molecular flexibility index (Phi) is 5.93. The highest BCUT2D eigenvalue weighted by Crippen LogP contribution is 2.48. The molecule has 1 atom stereocenters. The third kappa shape index (κ3) is 4.14. The van der Waals surface area contributed by atoms with Gasteiger partial charge in [0, 0.05) is 23.4 Å². The highest BCUT2D eigenvalue weighted by atomic mass is 16.6. The number of nitro groups is 1. The first-order valence-electron chi connectivity index (χ1n) is 13.7. The third-order valence-electron chi connectivity index (χ3n) is 7.68. The van der Waals surface area contributed by atoms with E-state index in [4.69, 9.17) is 15.1 Å². The summed E-state index contributed by atoms with van der Waals surface area (Å²) in [6.07, 6.45) is 0. The molecule has 1 N–H and O–H groups in total. The Hall–Kier alpha value is -5.57. The van der Waals surface area contributed by atoms with E-state index in [1.54, 1.807) is 12.1 Å². The van der Waals surface area contributed by atoms with Gasteiger partial charge in [-0.25, -0.2) is 14.7 Å². The Bertz CT molecular complexity index is 1940. The first kappa shape index (κ1) is 25.4. The van der Waals surface area contributed by atoms with Crippen molar-refractivity contribution in [2.45, 2.75) is 26.8 Å². The standard InChI is InChI=1S/C33H27N7O2/c1-20-16-17-21(2)27(18-20)35-31-33-36-32-29(22(3)37-39(32)24-11-5-4-6-12-24)30(23-10-9-13-25(19-23)40(41)42)38(33)28-15-8-7-14-26(28)34-31/h4-19,30H,1-3H3,(H,34,35)/t30-/m0/s1. The number of amidine groups is 2. The maximum atomic E-state index is 11.9. The minimum atomic E-state index is -0.447. The van der Waals surface area contributed by atoms with Crippen LogP contribution in [-0.2, 0) is 0 Å². The van der Waals surface area contributed by atoms with Crippen molar-refractivity contribution in [2.75, 3.05) is 10.2 Å².